The summed E-state index contributed by atoms with van der Waals surface area (Å²) >= 11 is 3.40. The third-order valence-corrected chi connectivity index (χ3v) is 5.87. The number of rotatable bonds is 2. The van der Waals surface area contributed by atoms with Crippen LogP contribution in [0.4, 0.5) is 0 Å². The van der Waals surface area contributed by atoms with Crippen LogP contribution in [0.3, 0.4) is 0 Å². The molecule has 20 heavy (non-hydrogen) atoms. The van der Waals surface area contributed by atoms with E-state index in [9.17, 15) is 4.79 Å². The SMILES string of the molecule is C[C@@H]1SCCN(C(=O)c2csc(-c3ccoc3)n2)[C@H]1C. The molecular weight excluding hydrogens is 292 g/mol. The second-order valence-corrected chi connectivity index (χ2v) is 7.21. The smallest absolute Gasteiger partial charge is 0.273 e. The van der Waals surface area contributed by atoms with E-state index in [1.54, 1.807) is 12.5 Å². The van der Waals surface area contributed by atoms with E-state index in [1.165, 1.54) is 11.3 Å². The zero-order chi connectivity index (χ0) is 14.1. The molecule has 1 aliphatic heterocycles. The summed E-state index contributed by atoms with van der Waals surface area (Å²) in [5.41, 5.74) is 1.46. The summed E-state index contributed by atoms with van der Waals surface area (Å²) in [6, 6.07) is 2.11. The van der Waals surface area contributed by atoms with Crippen molar-refractivity contribution in [2.45, 2.75) is 25.1 Å². The first kappa shape index (κ1) is 13.7. The van der Waals surface area contributed by atoms with Crippen LogP contribution in [-0.4, -0.2) is 39.4 Å². The summed E-state index contributed by atoms with van der Waals surface area (Å²) in [5, 5.41) is 3.14. The van der Waals surface area contributed by atoms with Gasteiger partial charge < -0.3 is 9.32 Å². The van der Waals surface area contributed by atoms with Crippen molar-refractivity contribution >= 4 is 29.0 Å². The van der Waals surface area contributed by atoms with Gasteiger partial charge in [0.05, 0.1) is 6.26 Å². The van der Waals surface area contributed by atoms with Crippen molar-refractivity contribution in [3.8, 4) is 10.6 Å². The zero-order valence-electron chi connectivity index (χ0n) is 11.4. The third kappa shape index (κ3) is 2.50. The van der Waals surface area contributed by atoms with Crippen LogP contribution in [0.2, 0.25) is 0 Å². The maximum atomic E-state index is 12.6. The monoisotopic (exact) mass is 308 g/mol. The van der Waals surface area contributed by atoms with Gasteiger partial charge in [-0.1, -0.05) is 6.92 Å². The molecule has 0 unspecified atom stereocenters. The minimum atomic E-state index is 0.0376. The first-order chi connectivity index (χ1) is 9.66. The zero-order valence-corrected chi connectivity index (χ0v) is 13.0. The maximum Gasteiger partial charge on any atom is 0.273 e. The van der Waals surface area contributed by atoms with E-state index >= 15 is 0 Å². The highest BCUT2D eigenvalue weighted by molar-refractivity contribution is 8.00. The van der Waals surface area contributed by atoms with Crippen LogP contribution >= 0.6 is 23.1 Å². The molecule has 106 valence electrons. The van der Waals surface area contributed by atoms with Crippen molar-refractivity contribution in [2.24, 2.45) is 0 Å². The van der Waals surface area contributed by atoms with E-state index in [0.29, 0.717) is 10.9 Å². The van der Waals surface area contributed by atoms with Gasteiger partial charge in [0, 0.05) is 34.5 Å². The van der Waals surface area contributed by atoms with Gasteiger partial charge in [0.15, 0.2) is 0 Å². The lowest BCUT2D eigenvalue weighted by Crippen LogP contribution is -2.48. The number of nitrogens with zero attached hydrogens (tertiary/aromatic N) is 2. The van der Waals surface area contributed by atoms with Gasteiger partial charge in [0.1, 0.15) is 17.0 Å². The van der Waals surface area contributed by atoms with Crippen molar-refractivity contribution in [1.82, 2.24) is 9.88 Å². The molecule has 1 saturated heterocycles. The van der Waals surface area contributed by atoms with Crippen LogP contribution in [0.5, 0.6) is 0 Å². The molecule has 0 aliphatic carbocycles. The number of hydrogen-bond acceptors (Lipinski definition) is 5. The average Bonchev–Trinajstić information content (AvgIpc) is 3.11. The molecule has 4 nitrogen and oxygen atoms in total. The molecule has 1 amide bonds. The molecular formula is C14H16N2O2S2. The van der Waals surface area contributed by atoms with Crippen molar-refractivity contribution in [3.05, 3.63) is 29.7 Å². The maximum absolute atomic E-state index is 12.6. The van der Waals surface area contributed by atoms with Crippen LogP contribution in [0.25, 0.3) is 10.6 Å². The van der Waals surface area contributed by atoms with E-state index in [2.05, 4.69) is 18.8 Å². The molecule has 1 aliphatic rings. The van der Waals surface area contributed by atoms with Crippen molar-refractivity contribution < 1.29 is 9.21 Å². The Morgan fingerprint density at radius 3 is 3.10 bits per heavy atom. The van der Waals surface area contributed by atoms with Gasteiger partial charge in [0.25, 0.3) is 5.91 Å². The van der Waals surface area contributed by atoms with Crippen LogP contribution in [0, 0.1) is 0 Å². The van der Waals surface area contributed by atoms with Crippen molar-refractivity contribution in [3.63, 3.8) is 0 Å². The first-order valence-electron chi connectivity index (χ1n) is 6.57. The van der Waals surface area contributed by atoms with Gasteiger partial charge >= 0.3 is 0 Å². The highest BCUT2D eigenvalue weighted by Gasteiger charge is 2.30. The molecule has 6 heteroatoms. The fourth-order valence-electron chi connectivity index (χ4n) is 2.26. The molecule has 3 heterocycles. The van der Waals surface area contributed by atoms with Gasteiger partial charge in [-0.15, -0.1) is 11.3 Å². The minimum absolute atomic E-state index is 0.0376. The third-order valence-electron chi connectivity index (χ3n) is 3.64. The number of thioether (sulfide) groups is 1. The number of furan rings is 1. The van der Waals surface area contributed by atoms with Crippen LogP contribution < -0.4 is 0 Å². The Morgan fingerprint density at radius 1 is 1.50 bits per heavy atom. The number of carbonyl (C=O) groups excluding carboxylic acids is 1. The molecule has 3 rings (SSSR count). The summed E-state index contributed by atoms with van der Waals surface area (Å²) in [6.07, 6.45) is 3.26. The minimum Gasteiger partial charge on any atom is -0.472 e. The largest absolute Gasteiger partial charge is 0.472 e. The summed E-state index contributed by atoms with van der Waals surface area (Å²) in [5.74, 6) is 1.03. The van der Waals surface area contributed by atoms with E-state index in [4.69, 9.17) is 4.42 Å². The number of hydrogen-bond donors (Lipinski definition) is 0. The second kappa shape index (κ2) is 5.61. The first-order valence-corrected chi connectivity index (χ1v) is 8.50. The summed E-state index contributed by atoms with van der Waals surface area (Å²) < 4.78 is 5.05. The second-order valence-electron chi connectivity index (χ2n) is 4.86. The molecule has 0 spiro atoms. The predicted octanol–water partition coefficient (Wildman–Crippen LogP) is 3.37. The van der Waals surface area contributed by atoms with E-state index in [0.717, 1.165) is 22.9 Å². The molecule has 0 aromatic carbocycles. The summed E-state index contributed by atoms with van der Waals surface area (Å²) in [7, 11) is 0. The van der Waals surface area contributed by atoms with Gasteiger partial charge in [-0.05, 0) is 13.0 Å². The van der Waals surface area contributed by atoms with E-state index < -0.39 is 0 Å². The molecule has 0 N–H and O–H groups in total. The Bertz CT molecular complexity index is 594. The Labute approximate surface area is 126 Å². The molecule has 2 atom stereocenters. The molecule has 0 bridgehead atoms. The number of aromatic nitrogens is 1. The van der Waals surface area contributed by atoms with Gasteiger partial charge in [-0.25, -0.2) is 4.98 Å². The van der Waals surface area contributed by atoms with Gasteiger partial charge in [-0.3, -0.25) is 4.79 Å². The normalized spacial score (nSPS) is 23.0. The summed E-state index contributed by atoms with van der Waals surface area (Å²) in [6.45, 7) is 5.08. The summed E-state index contributed by atoms with van der Waals surface area (Å²) in [4.78, 5) is 19.0. The highest BCUT2D eigenvalue weighted by Crippen LogP contribution is 2.28. The number of thiazole rings is 1. The lowest BCUT2D eigenvalue weighted by atomic mass is 10.2. The van der Waals surface area contributed by atoms with Crippen LogP contribution in [0.15, 0.2) is 28.4 Å². The van der Waals surface area contributed by atoms with Crippen molar-refractivity contribution in [1.29, 1.82) is 0 Å². The van der Waals surface area contributed by atoms with Gasteiger partial charge in [-0.2, -0.15) is 11.8 Å². The highest BCUT2D eigenvalue weighted by atomic mass is 32.2. The number of carbonyl (C=O) groups is 1. The molecule has 0 radical (unpaired) electrons. The molecule has 2 aromatic rings. The Morgan fingerprint density at radius 2 is 2.35 bits per heavy atom. The lowest BCUT2D eigenvalue weighted by Gasteiger charge is -2.37. The van der Waals surface area contributed by atoms with Gasteiger partial charge in [0.2, 0.25) is 0 Å². The Hall–Kier alpha value is -1.27. The van der Waals surface area contributed by atoms with Crippen LogP contribution in [0.1, 0.15) is 24.3 Å². The Kier molecular flexibility index (Phi) is 3.85. The molecule has 2 aromatic heterocycles. The fraction of sp³-hybridized carbons (Fsp3) is 0.429. The standard InChI is InChI=1S/C14H16N2O2S2/c1-9-10(2)19-6-4-16(9)14(17)12-8-20-13(15-12)11-3-5-18-7-11/h3,5,7-10H,4,6H2,1-2H3/t9-,10-/m0/s1. The van der Waals surface area contributed by atoms with E-state index in [1.807, 2.05) is 28.1 Å². The Balaban J connectivity index is 1.81. The fourth-order valence-corrected chi connectivity index (χ4v) is 4.14. The quantitative estimate of drug-likeness (QED) is 0.853. The predicted molar refractivity (Wildman–Crippen MR) is 82.2 cm³/mol. The van der Waals surface area contributed by atoms with Crippen LogP contribution in [-0.2, 0) is 0 Å². The lowest BCUT2D eigenvalue weighted by molar-refractivity contribution is 0.0693. The van der Waals surface area contributed by atoms with Crippen molar-refractivity contribution in [2.75, 3.05) is 12.3 Å². The molecule has 0 saturated carbocycles. The number of amides is 1. The van der Waals surface area contributed by atoms with E-state index in [-0.39, 0.29) is 11.9 Å². The topological polar surface area (TPSA) is 46.3 Å². The average molecular weight is 308 g/mol. The molecule has 1 fully saturated rings.